The number of rotatable bonds is 8. The van der Waals surface area contributed by atoms with Gasteiger partial charge in [0.15, 0.2) is 0 Å². The van der Waals surface area contributed by atoms with Crippen LogP contribution in [0.2, 0.25) is 0 Å². The average molecular weight is 242 g/mol. The Balaban J connectivity index is 2.29. The number of nitrogens with one attached hydrogen (secondary N) is 1. The molecule has 0 saturated heterocycles. The molecule has 0 bridgehead atoms. The summed E-state index contributed by atoms with van der Waals surface area (Å²) < 4.78 is 0. The van der Waals surface area contributed by atoms with E-state index in [-0.39, 0.29) is 5.54 Å². The van der Waals surface area contributed by atoms with Crippen molar-refractivity contribution in [1.82, 2.24) is 5.32 Å². The van der Waals surface area contributed by atoms with Crippen LogP contribution in [0.25, 0.3) is 0 Å². The van der Waals surface area contributed by atoms with Gasteiger partial charge in [-0.05, 0) is 44.6 Å². The monoisotopic (exact) mass is 242 g/mol. The van der Waals surface area contributed by atoms with Crippen LogP contribution in [-0.4, -0.2) is 30.3 Å². The van der Waals surface area contributed by atoms with Crippen LogP contribution in [0, 0.1) is 5.92 Å². The van der Waals surface area contributed by atoms with Crippen molar-refractivity contribution in [3.8, 4) is 0 Å². The number of unbranched alkanes of at least 4 members (excludes halogenated alkanes) is 2. The molecule has 2 atom stereocenters. The largest absolute Gasteiger partial charge is 0.396 e. The molecule has 0 aliphatic heterocycles. The van der Waals surface area contributed by atoms with Gasteiger partial charge < -0.3 is 16.2 Å². The van der Waals surface area contributed by atoms with Gasteiger partial charge in [-0.2, -0.15) is 0 Å². The standard InChI is InChI=1S/C14H30N2O/c1-2-13-7-6-8-14(11-13,12-15)16-9-4-3-5-10-17/h13,16-17H,2-12,15H2,1H3. The highest BCUT2D eigenvalue weighted by Gasteiger charge is 2.33. The molecule has 0 spiro atoms. The molecule has 1 fully saturated rings. The van der Waals surface area contributed by atoms with Crippen molar-refractivity contribution < 1.29 is 5.11 Å². The van der Waals surface area contributed by atoms with Gasteiger partial charge in [0.25, 0.3) is 0 Å². The van der Waals surface area contributed by atoms with Crippen molar-refractivity contribution in [2.45, 2.75) is 63.8 Å². The molecule has 2 unspecified atom stereocenters. The van der Waals surface area contributed by atoms with Crippen LogP contribution in [0.5, 0.6) is 0 Å². The van der Waals surface area contributed by atoms with E-state index >= 15 is 0 Å². The predicted molar refractivity (Wildman–Crippen MR) is 73.0 cm³/mol. The van der Waals surface area contributed by atoms with Gasteiger partial charge in [0, 0.05) is 18.7 Å². The lowest BCUT2D eigenvalue weighted by Crippen LogP contribution is -2.54. The Morgan fingerprint density at radius 2 is 2.18 bits per heavy atom. The second kappa shape index (κ2) is 8.06. The summed E-state index contributed by atoms with van der Waals surface area (Å²) in [5.74, 6) is 0.859. The van der Waals surface area contributed by atoms with Crippen LogP contribution in [0.4, 0.5) is 0 Å². The molecule has 0 amide bonds. The molecular formula is C14H30N2O. The van der Waals surface area contributed by atoms with Crippen molar-refractivity contribution in [2.24, 2.45) is 11.7 Å². The number of aliphatic hydroxyl groups is 1. The van der Waals surface area contributed by atoms with Gasteiger partial charge in [0.2, 0.25) is 0 Å². The normalized spacial score (nSPS) is 29.5. The van der Waals surface area contributed by atoms with Gasteiger partial charge in [-0.25, -0.2) is 0 Å². The molecule has 3 nitrogen and oxygen atoms in total. The molecule has 3 heteroatoms. The van der Waals surface area contributed by atoms with E-state index in [1.54, 1.807) is 0 Å². The third-order valence-corrected chi connectivity index (χ3v) is 4.25. The highest BCUT2D eigenvalue weighted by molar-refractivity contribution is 4.94. The number of hydrogen-bond acceptors (Lipinski definition) is 3. The number of nitrogens with two attached hydrogens (primary N) is 1. The fourth-order valence-corrected chi connectivity index (χ4v) is 3.02. The third kappa shape index (κ3) is 4.94. The Morgan fingerprint density at radius 1 is 1.35 bits per heavy atom. The lowest BCUT2D eigenvalue weighted by Gasteiger charge is -2.41. The summed E-state index contributed by atoms with van der Waals surface area (Å²) in [7, 11) is 0. The van der Waals surface area contributed by atoms with E-state index in [0.717, 1.165) is 38.3 Å². The van der Waals surface area contributed by atoms with Crippen LogP contribution in [0.15, 0.2) is 0 Å². The van der Waals surface area contributed by atoms with Gasteiger partial charge >= 0.3 is 0 Å². The molecule has 102 valence electrons. The van der Waals surface area contributed by atoms with Gasteiger partial charge in [-0.3, -0.25) is 0 Å². The van der Waals surface area contributed by atoms with Crippen LogP contribution in [-0.2, 0) is 0 Å². The van der Waals surface area contributed by atoms with Crippen LogP contribution in [0.3, 0.4) is 0 Å². The number of aliphatic hydroxyl groups excluding tert-OH is 1. The van der Waals surface area contributed by atoms with Crippen molar-refractivity contribution in [3.05, 3.63) is 0 Å². The highest BCUT2D eigenvalue weighted by Crippen LogP contribution is 2.33. The highest BCUT2D eigenvalue weighted by atomic mass is 16.2. The van der Waals surface area contributed by atoms with Crippen molar-refractivity contribution in [2.75, 3.05) is 19.7 Å². The lowest BCUT2D eigenvalue weighted by molar-refractivity contribution is 0.180. The first-order valence-electron chi connectivity index (χ1n) is 7.32. The SMILES string of the molecule is CCC1CCCC(CN)(NCCCCCO)C1. The maximum absolute atomic E-state index is 8.74. The first kappa shape index (κ1) is 14.9. The Labute approximate surface area is 106 Å². The molecule has 0 aromatic heterocycles. The van der Waals surface area contributed by atoms with Crippen LogP contribution < -0.4 is 11.1 Å². The van der Waals surface area contributed by atoms with Gasteiger partial charge in [0.05, 0.1) is 0 Å². The molecule has 0 aromatic carbocycles. The van der Waals surface area contributed by atoms with E-state index < -0.39 is 0 Å². The second-order valence-corrected chi connectivity index (χ2v) is 5.57. The minimum atomic E-state index is 0.206. The maximum atomic E-state index is 8.74. The van der Waals surface area contributed by atoms with E-state index in [1.807, 2.05) is 0 Å². The Kier molecular flexibility index (Phi) is 7.09. The lowest BCUT2D eigenvalue weighted by atomic mass is 9.74. The first-order valence-corrected chi connectivity index (χ1v) is 7.32. The molecule has 1 aliphatic rings. The van der Waals surface area contributed by atoms with Gasteiger partial charge in [-0.15, -0.1) is 0 Å². The summed E-state index contributed by atoms with van der Waals surface area (Å²) in [5, 5.41) is 12.4. The summed E-state index contributed by atoms with van der Waals surface area (Å²) in [5.41, 5.74) is 6.20. The molecule has 1 rings (SSSR count). The topological polar surface area (TPSA) is 58.3 Å². The van der Waals surface area contributed by atoms with Gasteiger partial charge in [0.1, 0.15) is 0 Å². The van der Waals surface area contributed by atoms with Crippen molar-refractivity contribution in [1.29, 1.82) is 0 Å². The van der Waals surface area contributed by atoms with E-state index in [4.69, 9.17) is 10.8 Å². The summed E-state index contributed by atoms with van der Waals surface area (Å²) in [6.07, 6.45) is 9.66. The Hall–Kier alpha value is -0.120. The number of hydrogen-bond donors (Lipinski definition) is 3. The predicted octanol–water partition coefficient (Wildman–Crippen LogP) is 2.04. The molecule has 4 N–H and O–H groups in total. The van der Waals surface area contributed by atoms with Crippen LogP contribution in [0.1, 0.15) is 58.3 Å². The molecule has 17 heavy (non-hydrogen) atoms. The molecule has 0 radical (unpaired) electrons. The first-order chi connectivity index (χ1) is 8.26. The van der Waals surface area contributed by atoms with E-state index in [9.17, 15) is 0 Å². The summed E-state index contributed by atoms with van der Waals surface area (Å²) in [4.78, 5) is 0. The third-order valence-electron chi connectivity index (χ3n) is 4.25. The quantitative estimate of drug-likeness (QED) is 0.571. The Bertz CT molecular complexity index is 199. The minimum Gasteiger partial charge on any atom is -0.396 e. The van der Waals surface area contributed by atoms with E-state index in [2.05, 4.69) is 12.2 Å². The molecular weight excluding hydrogens is 212 g/mol. The fraction of sp³-hybridized carbons (Fsp3) is 1.00. The summed E-state index contributed by atoms with van der Waals surface area (Å²) in [6, 6.07) is 0. The zero-order valence-corrected chi connectivity index (χ0v) is 11.4. The van der Waals surface area contributed by atoms with E-state index in [1.165, 1.54) is 32.1 Å². The minimum absolute atomic E-state index is 0.206. The van der Waals surface area contributed by atoms with Crippen LogP contribution >= 0.6 is 0 Å². The summed E-state index contributed by atoms with van der Waals surface area (Å²) in [6.45, 7) is 4.43. The zero-order chi connectivity index (χ0) is 12.6. The Morgan fingerprint density at radius 3 is 2.82 bits per heavy atom. The smallest absolute Gasteiger partial charge is 0.0431 e. The van der Waals surface area contributed by atoms with Crippen molar-refractivity contribution >= 4 is 0 Å². The van der Waals surface area contributed by atoms with E-state index in [0.29, 0.717) is 6.61 Å². The summed E-state index contributed by atoms with van der Waals surface area (Å²) >= 11 is 0. The molecule has 1 saturated carbocycles. The molecule has 1 aliphatic carbocycles. The van der Waals surface area contributed by atoms with Gasteiger partial charge in [-0.1, -0.05) is 26.2 Å². The molecule has 0 heterocycles. The second-order valence-electron chi connectivity index (χ2n) is 5.57. The average Bonchev–Trinajstić information content (AvgIpc) is 2.39. The zero-order valence-electron chi connectivity index (χ0n) is 11.4. The van der Waals surface area contributed by atoms with Crippen molar-refractivity contribution in [3.63, 3.8) is 0 Å². The molecule has 0 aromatic rings. The maximum Gasteiger partial charge on any atom is 0.0431 e. The fourth-order valence-electron chi connectivity index (χ4n) is 3.02.